The van der Waals surface area contributed by atoms with Crippen molar-refractivity contribution in [1.82, 2.24) is 0 Å². The lowest BCUT2D eigenvalue weighted by Gasteiger charge is -2.17. The Morgan fingerprint density at radius 2 is 1.58 bits per heavy atom. The Morgan fingerprint density at radius 1 is 0.958 bits per heavy atom. The summed E-state index contributed by atoms with van der Waals surface area (Å²) >= 11 is 0. The Bertz CT molecular complexity index is 472. The first-order valence-electron chi connectivity index (χ1n) is 8.52. The lowest BCUT2D eigenvalue weighted by Crippen LogP contribution is -2.11. The Hall–Kier alpha value is -1.88. The van der Waals surface area contributed by atoms with Gasteiger partial charge in [0.2, 0.25) is 0 Å². The van der Waals surface area contributed by atoms with Crippen LogP contribution < -0.4 is 0 Å². The quantitative estimate of drug-likeness (QED) is 0.547. The number of esters is 2. The van der Waals surface area contributed by atoms with Crippen molar-refractivity contribution in [3.05, 3.63) is 35.9 Å². The molecule has 0 fully saturated rings. The molecule has 1 aromatic carbocycles. The predicted octanol–water partition coefficient (Wildman–Crippen LogP) is 3.47. The van der Waals surface area contributed by atoms with Gasteiger partial charge in [0.1, 0.15) is 0 Å². The smallest absolute Gasteiger partial charge is 0.305 e. The van der Waals surface area contributed by atoms with Crippen LogP contribution in [0.1, 0.15) is 50.5 Å². The third kappa shape index (κ3) is 8.67. The van der Waals surface area contributed by atoms with Crippen LogP contribution in [0.5, 0.6) is 0 Å². The number of carbonyl (C=O) groups is 2. The first-order chi connectivity index (χ1) is 11.7. The second-order valence-electron chi connectivity index (χ2n) is 5.56. The molecule has 5 heteroatoms. The summed E-state index contributed by atoms with van der Waals surface area (Å²) in [4.78, 5) is 22.9. The van der Waals surface area contributed by atoms with Gasteiger partial charge in [-0.2, -0.15) is 0 Å². The number of carbonyl (C=O) groups excluding carboxylic acids is 2. The van der Waals surface area contributed by atoms with E-state index in [0.717, 1.165) is 12.8 Å². The van der Waals surface area contributed by atoms with Crippen LogP contribution in [0.3, 0.4) is 0 Å². The Labute approximate surface area is 144 Å². The molecule has 5 nitrogen and oxygen atoms in total. The fourth-order valence-corrected chi connectivity index (χ4v) is 2.46. The number of ether oxygens (including phenoxy) is 3. The molecular weight excluding hydrogens is 308 g/mol. The topological polar surface area (TPSA) is 61.8 Å². The first-order valence-corrected chi connectivity index (χ1v) is 8.52. The molecule has 24 heavy (non-hydrogen) atoms. The summed E-state index contributed by atoms with van der Waals surface area (Å²) in [6, 6.07) is 10.2. The van der Waals surface area contributed by atoms with Crippen LogP contribution in [0.15, 0.2) is 30.3 Å². The normalized spacial score (nSPS) is 11.8. The summed E-state index contributed by atoms with van der Waals surface area (Å²) in [7, 11) is 1.69. The third-order valence-corrected chi connectivity index (χ3v) is 3.74. The molecule has 0 N–H and O–H groups in total. The molecule has 1 atom stereocenters. The van der Waals surface area contributed by atoms with Gasteiger partial charge in [-0.05, 0) is 37.7 Å². The molecule has 0 amide bonds. The Morgan fingerprint density at radius 3 is 2.21 bits per heavy atom. The summed E-state index contributed by atoms with van der Waals surface area (Å²) in [5, 5.41) is 0. The molecule has 0 aromatic heterocycles. The van der Waals surface area contributed by atoms with E-state index in [0.29, 0.717) is 32.2 Å². The highest BCUT2D eigenvalue weighted by atomic mass is 16.5. The number of hydrogen-bond donors (Lipinski definition) is 0. The van der Waals surface area contributed by atoms with Gasteiger partial charge in [0.15, 0.2) is 0 Å². The molecule has 0 spiro atoms. The molecule has 1 rings (SSSR count). The monoisotopic (exact) mass is 336 g/mol. The molecular formula is C19H28O5. The van der Waals surface area contributed by atoms with Gasteiger partial charge < -0.3 is 14.2 Å². The van der Waals surface area contributed by atoms with E-state index < -0.39 is 0 Å². The fraction of sp³-hybridized carbons (Fsp3) is 0.579. The molecule has 0 aliphatic carbocycles. The summed E-state index contributed by atoms with van der Waals surface area (Å²) in [5.74, 6) is -0.231. The standard InChI is InChI=1S/C19H28O5/c1-3-23-18(20)10-7-11-19(21)24-15-13-17(12-14-22-2)16-8-5-4-6-9-16/h4-6,8-9,17H,3,7,10-15H2,1-2H3. The summed E-state index contributed by atoms with van der Waals surface area (Å²) < 4.78 is 15.3. The van der Waals surface area contributed by atoms with Gasteiger partial charge in [-0.25, -0.2) is 0 Å². The largest absolute Gasteiger partial charge is 0.466 e. The predicted molar refractivity (Wildman–Crippen MR) is 91.7 cm³/mol. The second-order valence-corrected chi connectivity index (χ2v) is 5.56. The van der Waals surface area contributed by atoms with Crippen LogP contribution in [-0.4, -0.2) is 38.9 Å². The van der Waals surface area contributed by atoms with Crippen molar-refractivity contribution in [2.75, 3.05) is 26.9 Å². The SMILES string of the molecule is CCOC(=O)CCCC(=O)OCCC(CCOC)c1ccccc1. The molecule has 0 radical (unpaired) electrons. The zero-order valence-electron chi connectivity index (χ0n) is 14.7. The van der Waals surface area contributed by atoms with Crippen LogP contribution in [0.4, 0.5) is 0 Å². The van der Waals surface area contributed by atoms with E-state index in [1.165, 1.54) is 5.56 Å². The van der Waals surface area contributed by atoms with Crippen molar-refractivity contribution in [3.8, 4) is 0 Å². The van der Waals surface area contributed by atoms with Crippen LogP contribution >= 0.6 is 0 Å². The zero-order chi connectivity index (χ0) is 17.6. The lowest BCUT2D eigenvalue weighted by atomic mass is 9.93. The molecule has 0 saturated carbocycles. The highest BCUT2D eigenvalue weighted by molar-refractivity contribution is 5.72. The van der Waals surface area contributed by atoms with E-state index in [1.54, 1.807) is 14.0 Å². The molecule has 134 valence electrons. The second kappa shape index (κ2) is 12.5. The Kier molecular flexibility index (Phi) is 10.5. The van der Waals surface area contributed by atoms with Crippen LogP contribution in [-0.2, 0) is 23.8 Å². The Balaban J connectivity index is 2.29. The highest BCUT2D eigenvalue weighted by Crippen LogP contribution is 2.23. The van der Waals surface area contributed by atoms with E-state index >= 15 is 0 Å². The maximum absolute atomic E-state index is 11.7. The number of rotatable bonds is 12. The molecule has 1 aromatic rings. The van der Waals surface area contributed by atoms with Crippen LogP contribution in [0, 0.1) is 0 Å². The molecule has 1 unspecified atom stereocenters. The van der Waals surface area contributed by atoms with Gasteiger partial charge in [0.25, 0.3) is 0 Å². The number of benzene rings is 1. The minimum absolute atomic E-state index is 0.243. The fourth-order valence-electron chi connectivity index (χ4n) is 2.46. The van der Waals surface area contributed by atoms with Gasteiger partial charge in [-0.1, -0.05) is 30.3 Å². The zero-order valence-corrected chi connectivity index (χ0v) is 14.7. The first kappa shape index (κ1) is 20.2. The maximum atomic E-state index is 11.7. The number of hydrogen-bond acceptors (Lipinski definition) is 5. The van der Waals surface area contributed by atoms with E-state index in [2.05, 4.69) is 12.1 Å². The van der Waals surface area contributed by atoms with Crippen molar-refractivity contribution < 1.29 is 23.8 Å². The van der Waals surface area contributed by atoms with Crippen LogP contribution in [0.25, 0.3) is 0 Å². The van der Waals surface area contributed by atoms with Crippen molar-refractivity contribution >= 4 is 11.9 Å². The summed E-state index contributed by atoms with van der Waals surface area (Å²) in [6.45, 7) is 3.18. The van der Waals surface area contributed by atoms with Crippen LogP contribution in [0.2, 0.25) is 0 Å². The average Bonchev–Trinajstić information content (AvgIpc) is 2.59. The highest BCUT2D eigenvalue weighted by Gasteiger charge is 2.13. The van der Waals surface area contributed by atoms with Gasteiger partial charge in [-0.3, -0.25) is 9.59 Å². The third-order valence-electron chi connectivity index (χ3n) is 3.74. The summed E-state index contributed by atoms with van der Waals surface area (Å²) in [6.07, 6.45) is 2.61. The summed E-state index contributed by atoms with van der Waals surface area (Å²) in [5.41, 5.74) is 1.23. The van der Waals surface area contributed by atoms with Gasteiger partial charge in [0.05, 0.1) is 13.2 Å². The van der Waals surface area contributed by atoms with E-state index in [9.17, 15) is 9.59 Å². The molecule has 0 bridgehead atoms. The van der Waals surface area contributed by atoms with Gasteiger partial charge >= 0.3 is 11.9 Å². The van der Waals surface area contributed by atoms with Gasteiger partial charge in [0, 0.05) is 26.6 Å². The molecule has 0 saturated heterocycles. The molecule has 0 aliphatic rings. The van der Waals surface area contributed by atoms with E-state index in [1.807, 2.05) is 18.2 Å². The van der Waals surface area contributed by atoms with Crippen molar-refractivity contribution in [2.24, 2.45) is 0 Å². The number of methoxy groups -OCH3 is 1. The van der Waals surface area contributed by atoms with Crippen molar-refractivity contribution in [1.29, 1.82) is 0 Å². The lowest BCUT2D eigenvalue weighted by molar-refractivity contribution is -0.145. The maximum Gasteiger partial charge on any atom is 0.305 e. The van der Waals surface area contributed by atoms with E-state index in [4.69, 9.17) is 14.2 Å². The molecule has 0 aliphatic heterocycles. The molecule has 0 heterocycles. The average molecular weight is 336 g/mol. The van der Waals surface area contributed by atoms with Crippen molar-refractivity contribution in [2.45, 2.75) is 44.9 Å². The van der Waals surface area contributed by atoms with Crippen molar-refractivity contribution in [3.63, 3.8) is 0 Å². The minimum Gasteiger partial charge on any atom is -0.466 e. The minimum atomic E-state index is -0.269. The van der Waals surface area contributed by atoms with E-state index in [-0.39, 0.29) is 24.8 Å². The van der Waals surface area contributed by atoms with Gasteiger partial charge in [-0.15, -0.1) is 0 Å².